The molecule has 0 radical (unpaired) electrons. The van der Waals surface area contributed by atoms with E-state index in [1.807, 2.05) is 41.2 Å². The van der Waals surface area contributed by atoms with Gasteiger partial charge in [-0.2, -0.15) is 0 Å². The fourth-order valence-corrected chi connectivity index (χ4v) is 3.45. The number of nitrogens with zero attached hydrogens (tertiary/aromatic N) is 5. The van der Waals surface area contributed by atoms with Crippen molar-refractivity contribution in [3.8, 4) is 5.69 Å². The predicted molar refractivity (Wildman–Crippen MR) is 89.2 cm³/mol. The van der Waals surface area contributed by atoms with Gasteiger partial charge in [-0.1, -0.05) is 30.3 Å². The highest BCUT2D eigenvalue weighted by Crippen LogP contribution is 2.29. The smallest absolute Gasteiger partial charge is 0.0972 e. The highest BCUT2D eigenvalue weighted by Gasteiger charge is 2.26. The summed E-state index contributed by atoms with van der Waals surface area (Å²) in [6, 6.07) is 15.0. The fraction of sp³-hybridized carbons (Fsp3) is 0.333. The van der Waals surface area contributed by atoms with Crippen LogP contribution in [0.25, 0.3) is 5.69 Å². The van der Waals surface area contributed by atoms with Crippen molar-refractivity contribution >= 4 is 0 Å². The van der Waals surface area contributed by atoms with Crippen molar-refractivity contribution in [3.63, 3.8) is 0 Å². The lowest BCUT2D eigenvalue weighted by Crippen LogP contribution is -2.37. The van der Waals surface area contributed by atoms with Crippen LogP contribution in [0.1, 0.15) is 30.8 Å². The third-order valence-corrected chi connectivity index (χ3v) is 4.59. The van der Waals surface area contributed by atoms with E-state index < -0.39 is 0 Å². The molecule has 0 saturated carbocycles. The van der Waals surface area contributed by atoms with Crippen LogP contribution in [0.3, 0.4) is 0 Å². The molecule has 0 fully saturated rings. The molecule has 1 aliphatic rings. The van der Waals surface area contributed by atoms with Crippen LogP contribution in [0.15, 0.2) is 54.9 Å². The maximum Gasteiger partial charge on any atom is 0.0972 e. The molecule has 0 spiro atoms. The molecule has 3 heterocycles. The highest BCUT2D eigenvalue weighted by atomic mass is 15.4. The molecule has 0 saturated heterocycles. The molecule has 0 amide bonds. The van der Waals surface area contributed by atoms with E-state index in [1.54, 1.807) is 0 Å². The van der Waals surface area contributed by atoms with Crippen LogP contribution in [0, 0.1) is 0 Å². The van der Waals surface area contributed by atoms with Gasteiger partial charge in [-0.25, -0.2) is 4.68 Å². The van der Waals surface area contributed by atoms with E-state index in [-0.39, 0.29) is 0 Å². The van der Waals surface area contributed by atoms with E-state index in [0.29, 0.717) is 6.04 Å². The molecule has 1 aromatic carbocycles. The van der Waals surface area contributed by atoms with Crippen molar-refractivity contribution < 1.29 is 0 Å². The molecule has 2 aromatic heterocycles. The topological polar surface area (TPSA) is 38.9 Å². The lowest BCUT2D eigenvalue weighted by atomic mass is 10.1. The monoisotopic (exact) mass is 307 g/mol. The van der Waals surface area contributed by atoms with Gasteiger partial charge in [0.15, 0.2) is 0 Å². The van der Waals surface area contributed by atoms with Crippen LogP contribution in [0.5, 0.6) is 0 Å². The molecule has 0 bridgehead atoms. The van der Waals surface area contributed by atoms with Gasteiger partial charge in [-0.15, -0.1) is 5.10 Å². The first-order valence-corrected chi connectivity index (χ1v) is 8.21. The third-order valence-electron chi connectivity index (χ3n) is 4.59. The number of fused-ring (bicyclic) bond motifs is 1. The van der Waals surface area contributed by atoms with E-state index in [2.05, 4.69) is 45.0 Å². The van der Waals surface area contributed by atoms with E-state index in [9.17, 15) is 0 Å². The van der Waals surface area contributed by atoms with Crippen molar-refractivity contribution in [2.45, 2.75) is 32.5 Å². The Kier molecular flexibility index (Phi) is 3.71. The Morgan fingerprint density at radius 3 is 2.78 bits per heavy atom. The summed E-state index contributed by atoms with van der Waals surface area (Å²) in [5, 5.41) is 8.64. The van der Waals surface area contributed by atoms with Gasteiger partial charge >= 0.3 is 0 Å². The molecular weight excluding hydrogens is 286 g/mol. The molecule has 1 aliphatic heterocycles. The van der Waals surface area contributed by atoms with Crippen molar-refractivity contribution in [1.82, 2.24) is 24.5 Å². The number of hydrogen-bond acceptors (Lipinski definition) is 3. The molecule has 23 heavy (non-hydrogen) atoms. The van der Waals surface area contributed by atoms with Gasteiger partial charge in [-0.05, 0) is 30.7 Å². The third kappa shape index (κ3) is 2.68. The van der Waals surface area contributed by atoms with Gasteiger partial charge in [0.05, 0.1) is 23.6 Å². The highest BCUT2D eigenvalue weighted by molar-refractivity contribution is 5.30. The van der Waals surface area contributed by atoms with Crippen LogP contribution >= 0.6 is 0 Å². The van der Waals surface area contributed by atoms with Crippen LogP contribution in [0.2, 0.25) is 0 Å². The normalized spacial score (nSPS) is 18.0. The Bertz CT molecular complexity index is 774. The second-order valence-electron chi connectivity index (χ2n) is 6.01. The number of benzene rings is 1. The summed E-state index contributed by atoms with van der Waals surface area (Å²) >= 11 is 0. The van der Waals surface area contributed by atoms with Gasteiger partial charge in [0.2, 0.25) is 0 Å². The zero-order valence-corrected chi connectivity index (χ0v) is 13.3. The lowest BCUT2D eigenvalue weighted by Gasteiger charge is -2.36. The molecule has 5 heteroatoms. The van der Waals surface area contributed by atoms with Crippen molar-refractivity contribution in [2.24, 2.45) is 0 Å². The van der Waals surface area contributed by atoms with Gasteiger partial charge in [0, 0.05) is 31.5 Å². The Hall–Kier alpha value is -2.40. The molecule has 0 aliphatic carbocycles. The van der Waals surface area contributed by atoms with Crippen molar-refractivity contribution in [3.05, 3.63) is 66.2 Å². The second-order valence-corrected chi connectivity index (χ2v) is 6.01. The van der Waals surface area contributed by atoms with E-state index in [0.717, 1.165) is 37.4 Å². The van der Waals surface area contributed by atoms with Gasteiger partial charge in [0.1, 0.15) is 0 Å². The molecule has 0 N–H and O–H groups in total. The molecule has 0 unspecified atom stereocenters. The van der Waals surface area contributed by atoms with Gasteiger partial charge < -0.3 is 4.57 Å². The number of hydrogen-bond donors (Lipinski definition) is 0. The first-order chi connectivity index (χ1) is 11.3. The summed E-state index contributed by atoms with van der Waals surface area (Å²) in [6.45, 7) is 5.20. The second kappa shape index (κ2) is 6.01. The summed E-state index contributed by atoms with van der Waals surface area (Å²) in [7, 11) is 0. The number of aromatic nitrogens is 4. The van der Waals surface area contributed by atoms with Crippen molar-refractivity contribution in [2.75, 3.05) is 6.54 Å². The molecule has 4 rings (SSSR count). The number of rotatable bonds is 4. The Balaban J connectivity index is 1.54. The predicted octanol–water partition coefficient (Wildman–Crippen LogP) is 3.04. The van der Waals surface area contributed by atoms with Crippen LogP contribution < -0.4 is 0 Å². The summed E-state index contributed by atoms with van der Waals surface area (Å²) < 4.78 is 4.22. The zero-order valence-electron chi connectivity index (χ0n) is 13.3. The Morgan fingerprint density at radius 1 is 1.09 bits per heavy atom. The summed E-state index contributed by atoms with van der Waals surface area (Å²) in [5.74, 6) is 0. The molecule has 1 atom stereocenters. The van der Waals surface area contributed by atoms with E-state index >= 15 is 0 Å². The van der Waals surface area contributed by atoms with E-state index in [4.69, 9.17) is 0 Å². The van der Waals surface area contributed by atoms with Crippen LogP contribution in [-0.4, -0.2) is 31.0 Å². The maximum absolute atomic E-state index is 4.36. The maximum atomic E-state index is 4.36. The summed E-state index contributed by atoms with van der Waals surface area (Å²) in [6.07, 6.45) is 5.33. The van der Waals surface area contributed by atoms with Gasteiger partial charge in [0.25, 0.3) is 0 Å². The Morgan fingerprint density at radius 2 is 1.96 bits per heavy atom. The number of para-hydroxylation sites is 1. The van der Waals surface area contributed by atoms with Gasteiger partial charge in [-0.3, -0.25) is 4.90 Å². The average molecular weight is 307 g/mol. The standard InChI is InChI=1S/C18H21N5/c1-2-17-18-9-6-10-21(18)11-12-22(17)13-15-14-23(20-19-15)16-7-4-3-5-8-16/h3-10,14,17H,2,11-13H2,1H3/t17-/m0/s1. The molecule has 118 valence electrons. The zero-order chi connectivity index (χ0) is 15.6. The van der Waals surface area contributed by atoms with Crippen molar-refractivity contribution in [1.29, 1.82) is 0 Å². The largest absolute Gasteiger partial charge is 0.349 e. The first kappa shape index (κ1) is 14.2. The first-order valence-electron chi connectivity index (χ1n) is 8.21. The molecule has 3 aromatic rings. The van der Waals surface area contributed by atoms with E-state index in [1.165, 1.54) is 5.69 Å². The molecule has 5 nitrogen and oxygen atoms in total. The SMILES string of the molecule is CC[C@H]1c2cccn2CCN1Cc1cn(-c2ccccc2)nn1. The van der Waals surface area contributed by atoms with Crippen LogP contribution in [0.4, 0.5) is 0 Å². The minimum Gasteiger partial charge on any atom is -0.349 e. The fourth-order valence-electron chi connectivity index (χ4n) is 3.45. The Labute approximate surface area is 136 Å². The minimum atomic E-state index is 0.459. The minimum absolute atomic E-state index is 0.459. The summed E-state index contributed by atoms with van der Waals surface area (Å²) in [5.41, 5.74) is 3.48. The average Bonchev–Trinajstić information content (AvgIpc) is 3.24. The lowest BCUT2D eigenvalue weighted by molar-refractivity contribution is 0.142. The quantitative estimate of drug-likeness (QED) is 0.743. The molecular formula is C18H21N5. The summed E-state index contributed by atoms with van der Waals surface area (Å²) in [4.78, 5) is 2.51. The van der Waals surface area contributed by atoms with Crippen LogP contribution in [-0.2, 0) is 13.1 Å².